The molecule has 0 aromatic rings. The zero-order valence-electron chi connectivity index (χ0n) is 10.5. The number of nitrogens with one attached hydrogen (secondary N) is 1. The second-order valence-electron chi connectivity index (χ2n) is 4.56. The van der Waals surface area contributed by atoms with Crippen molar-refractivity contribution in [2.24, 2.45) is 5.73 Å². The summed E-state index contributed by atoms with van der Waals surface area (Å²) in [7, 11) is 0. The minimum absolute atomic E-state index is 0.115. The molecule has 1 aliphatic heterocycles. The molecule has 94 valence electrons. The molecule has 1 rings (SSSR count). The Bertz CT molecular complexity index is 220. The molecular formula is C12H25N3O. The fraction of sp³-hybridized carbons (Fsp3) is 0.917. The van der Waals surface area contributed by atoms with Crippen LogP contribution in [0.3, 0.4) is 0 Å². The number of piperazine rings is 1. The zero-order chi connectivity index (χ0) is 12.0. The third kappa shape index (κ3) is 3.46. The summed E-state index contributed by atoms with van der Waals surface area (Å²) >= 11 is 0. The highest BCUT2D eigenvalue weighted by Gasteiger charge is 2.30. The van der Waals surface area contributed by atoms with Crippen LogP contribution >= 0.6 is 0 Å². The van der Waals surface area contributed by atoms with Gasteiger partial charge in [0.25, 0.3) is 0 Å². The average molecular weight is 227 g/mol. The average Bonchev–Trinajstić information content (AvgIpc) is 2.30. The van der Waals surface area contributed by atoms with Gasteiger partial charge in [-0.2, -0.15) is 0 Å². The van der Waals surface area contributed by atoms with E-state index in [0.717, 1.165) is 19.5 Å². The summed E-state index contributed by atoms with van der Waals surface area (Å²) in [6.45, 7) is 7.01. The predicted molar refractivity (Wildman–Crippen MR) is 66.2 cm³/mol. The van der Waals surface area contributed by atoms with Gasteiger partial charge in [0, 0.05) is 25.7 Å². The van der Waals surface area contributed by atoms with Crippen LogP contribution in [0, 0.1) is 0 Å². The van der Waals surface area contributed by atoms with Crippen molar-refractivity contribution < 1.29 is 4.79 Å². The molecule has 2 atom stereocenters. The van der Waals surface area contributed by atoms with E-state index in [1.807, 2.05) is 0 Å². The standard InChI is InChI=1S/C12H25N3O/c1-3-5-6-10(4-2)15-8-7-14-9-11(15)12(13)16/h10-11,14H,3-9H2,1-2H3,(H2,13,16). The van der Waals surface area contributed by atoms with Gasteiger partial charge < -0.3 is 11.1 Å². The first-order valence-corrected chi connectivity index (χ1v) is 6.46. The highest BCUT2D eigenvalue weighted by atomic mass is 16.1. The lowest BCUT2D eigenvalue weighted by Crippen LogP contribution is -2.59. The van der Waals surface area contributed by atoms with Gasteiger partial charge in [0.05, 0.1) is 0 Å². The lowest BCUT2D eigenvalue weighted by atomic mass is 10.0. The Balaban J connectivity index is 2.60. The summed E-state index contributed by atoms with van der Waals surface area (Å²) in [6, 6.07) is 0.398. The van der Waals surface area contributed by atoms with E-state index >= 15 is 0 Å². The third-order valence-corrected chi connectivity index (χ3v) is 3.44. The summed E-state index contributed by atoms with van der Waals surface area (Å²) < 4.78 is 0. The molecule has 16 heavy (non-hydrogen) atoms. The lowest BCUT2D eigenvalue weighted by Gasteiger charge is -2.39. The van der Waals surface area contributed by atoms with Crippen molar-refractivity contribution in [2.75, 3.05) is 19.6 Å². The predicted octanol–water partition coefficient (Wildman–Crippen LogP) is 0.714. The Kier molecular flexibility index (Phi) is 5.77. The van der Waals surface area contributed by atoms with E-state index in [1.54, 1.807) is 0 Å². The SMILES string of the molecule is CCCCC(CC)N1CCNCC1C(N)=O. The quantitative estimate of drug-likeness (QED) is 0.703. The molecule has 0 bridgehead atoms. The van der Waals surface area contributed by atoms with Crippen molar-refractivity contribution in [3.63, 3.8) is 0 Å². The van der Waals surface area contributed by atoms with Gasteiger partial charge in [-0.3, -0.25) is 9.69 Å². The number of hydrogen-bond acceptors (Lipinski definition) is 3. The second-order valence-corrected chi connectivity index (χ2v) is 4.56. The van der Waals surface area contributed by atoms with Crippen molar-refractivity contribution in [1.82, 2.24) is 10.2 Å². The van der Waals surface area contributed by atoms with Gasteiger partial charge in [0.15, 0.2) is 0 Å². The van der Waals surface area contributed by atoms with Gasteiger partial charge in [-0.05, 0) is 12.8 Å². The lowest BCUT2D eigenvalue weighted by molar-refractivity contribution is -0.125. The van der Waals surface area contributed by atoms with Crippen molar-refractivity contribution in [3.05, 3.63) is 0 Å². The molecule has 1 saturated heterocycles. The first kappa shape index (κ1) is 13.5. The van der Waals surface area contributed by atoms with E-state index in [4.69, 9.17) is 5.73 Å². The van der Waals surface area contributed by atoms with E-state index < -0.39 is 0 Å². The maximum Gasteiger partial charge on any atom is 0.236 e. The summed E-state index contributed by atoms with van der Waals surface area (Å²) in [4.78, 5) is 13.7. The minimum Gasteiger partial charge on any atom is -0.368 e. The molecule has 4 nitrogen and oxygen atoms in total. The largest absolute Gasteiger partial charge is 0.368 e. The summed E-state index contributed by atoms with van der Waals surface area (Å²) in [5.74, 6) is -0.192. The molecule has 1 fully saturated rings. The Morgan fingerprint density at radius 3 is 2.88 bits per heavy atom. The maximum absolute atomic E-state index is 11.4. The molecule has 0 aromatic carbocycles. The molecule has 3 N–H and O–H groups in total. The number of nitrogens with zero attached hydrogens (tertiary/aromatic N) is 1. The molecule has 0 radical (unpaired) electrons. The van der Waals surface area contributed by atoms with Crippen molar-refractivity contribution >= 4 is 5.91 Å². The molecule has 1 heterocycles. The Labute approximate surface area is 98.6 Å². The van der Waals surface area contributed by atoms with Crippen LogP contribution in [0.5, 0.6) is 0 Å². The Morgan fingerprint density at radius 2 is 2.31 bits per heavy atom. The van der Waals surface area contributed by atoms with E-state index in [0.29, 0.717) is 12.6 Å². The fourth-order valence-corrected chi connectivity index (χ4v) is 2.47. The van der Waals surface area contributed by atoms with Crippen LogP contribution in [0.1, 0.15) is 39.5 Å². The number of unbranched alkanes of at least 4 members (excludes halogenated alkanes) is 1. The van der Waals surface area contributed by atoms with Crippen LogP contribution in [0.2, 0.25) is 0 Å². The van der Waals surface area contributed by atoms with Crippen LogP contribution in [0.4, 0.5) is 0 Å². The van der Waals surface area contributed by atoms with Crippen LogP contribution in [0.15, 0.2) is 0 Å². The Hall–Kier alpha value is -0.610. The number of carbonyl (C=O) groups excluding carboxylic acids is 1. The number of primary amides is 1. The van der Waals surface area contributed by atoms with Gasteiger partial charge in [-0.15, -0.1) is 0 Å². The number of carbonyl (C=O) groups is 1. The first-order chi connectivity index (χ1) is 7.70. The fourth-order valence-electron chi connectivity index (χ4n) is 2.47. The smallest absolute Gasteiger partial charge is 0.236 e. The monoisotopic (exact) mass is 227 g/mol. The topological polar surface area (TPSA) is 58.4 Å². The summed E-state index contributed by atoms with van der Waals surface area (Å²) in [5.41, 5.74) is 5.46. The number of nitrogens with two attached hydrogens (primary N) is 1. The van der Waals surface area contributed by atoms with Gasteiger partial charge in [0.1, 0.15) is 6.04 Å². The van der Waals surface area contributed by atoms with Crippen LogP contribution in [-0.4, -0.2) is 42.5 Å². The van der Waals surface area contributed by atoms with E-state index in [9.17, 15) is 4.79 Å². The number of amides is 1. The maximum atomic E-state index is 11.4. The van der Waals surface area contributed by atoms with E-state index in [-0.39, 0.29) is 11.9 Å². The molecule has 0 spiro atoms. The van der Waals surface area contributed by atoms with E-state index in [2.05, 4.69) is 24.1 Å². The summed E-state index contributed by atoms with van der Waals surface area (Å²) in [6.07, 6.45) is 4.72. The molecule has 4 heteroatoms. The third-order valence-electron chi connectivity index (χ3n) is 3.44. The molecule has 0 aliphatic carbocycles. The van der Waals surface area contributed by atoms with Crippen LogP contribution in [-0.2, 0) is 4.79 Å². The van der Waals surface area contributed by atoms with E-state index in [1.165, 1.54) is 19.3 Å². The minimum atomic E-state index is -0.192. The number of hydrogen-bond donors (Lipinski definition) is 2. The zero-order valence-corrected chi connectivity index (χ0v) is 10.5. The first-order valence-electron chi connectivity index (χ1n) is 6.46. The normalized spacial score (nSPS) is 24.2. The highest BCUT2D eigenvalue weighted by molar-refractivity contribution is 5.80. The van der Waals surface area contributed by atoms with Gasteiger partial charge >= 0.3 is 0 Å². The molecule has 0 aromatic heterocycles. The van der Waals surface area contributed by atoms with Crippen molar-refractivity contribution in [3.8, 4) is 0 Å². The van der Waals surface area contributed by atoms with Crippen molar-refractivity contribution in [2.45, 2.75) is 51.6 Å². The Morgan fingerprint density at radius 1 is 1.56 bits per heavy atom. The van der Waals surface area contributed by atoms with Gasteiger partial charge in [0.2, 0.25) is 5.91 Å². The second kappa shape index (κ2) is 6.86. The molecule has 2 unspecified atom stereocenters. The summed E-state index contributed by atoms with van der Waals surface area (Å²) in [5, 5.41) is 3.24. The molecule has 1 amide bonds. The molecule has 1 aliphatic rings. The molecule has 0 saturated carbocycles. The van der Waals surface area contributed by atoms with Crippen LogP contribution in [0.25, 0.3) is 0 Å². The van der Waals surface area contributed by atoms with Gasteiger partial charge in [-0.1, -0.05) is 26.7 Å². The molecular weight excluding hydrogens is 202 g/mol. The number of rotatable bonds is 6. The van der Waals surface area contributed by atoms with Crippen molar-refractivity contribution in [1.29, 1.82) is 0 Å². The van der Waals surface area contributed by atoms with Gasteiger partial charge in [-0.25, -0.2) is 0 Å². The highest BCUT2D eigenvalue weighted by Crippen LogP contribution is 2.16. The van der Waals surface area contributed by atoms with Crippen LogP contribution < -0.4 is 11.1 Å².